The van der Waals surface area contributed by atoms with Crippen LogP contribution in [0.1, 0.15) is 19.0 Å². The molecule has 0 aliphatic carbocycles. The minimum atomic E-state index is 0.0243. The number of amides is 1. The number of hydrogen-bond acceptors (Lipinski definition) is 5. The van der Waals surface area contributed by atoms with Gasteiger partial charge in [0.05, 0.1) is 18.0 Å². The van der Waals surface area contributed by atoms with Gasteiger partial charge in [0.15, 0.2) is 5.96 Å². The molecule has 1 saturated heterocycles. The lowest BCUT2D eigenvalue weighted by Gasteiger charge is -2.26. The van der Waals surface area contributed by atoms with Crippen molar-refractivity contribution in [2.75, 3.05) is 32.8 Å². The number of ether oxygens (including phenoxy) is 1. The normalized spacial score (nSPS) is 20.2. The van der Waals surface area contributed by atoms with Crippen molar-refractivity contribution in [3.63, 3.8) is 0 Å². The van der Waals surface area contributed by atoms with Crippen molar-refractivity contribution >= 4 is 33.4 Å². The van der Waals surface area contributed by atoms with E-state index in [9.17, 15) is 10.1 Å². The van der Waals surface area contributed by atoms with Gasteiger partial charge in [0.1, 0.15) is 18.2 Å². The van der Waals surface area contributed by atoms with Gasteiger partial charge in [-0.1, -0.05) is 0 Å². The number of hydrogen-bond donors (Lipinski definition) is 2. The van der Waals surface area contributed by atoms with Crippen LogP contribution in [0, 0.1) is 11.3 Å². The topological polar surface area (TPSA) is 103 Å². The molecule has 8 nitrogen and oxygen atoms in total. The van der Waals surface area contributed by atoms with Crippen LogP contribution in [-0.2, 0) is 9.53 Å². The molecular weight excluding hydrogens is 424 g/mol. The first-order valence-electron chi connectivity index (χ1n) is 8.96. The summed E-state index contributed by atoms with van der Waals surface area (Å²) in [5.41, 5.74) is 2.57. The van der Waals surface area contributed by atoms with Gasteiger partial charge in [-0.2, -0.15) is 5.26 Å². The third-order valence-corrected chi connectivity index (χ3v) is 5.00. The summed E-state index contributed by atoms with van der Waals surface area (Å²) in [5.74, 6) is 0.588. The molecule has 2 aliphatic rings. The van der Waals surface area contributed by atoms with Crippen LogP contribution in [0.3, 0.4) is 0 Å². The first-order valence-corrected chi connectivity index (χ1v) is 9.75. The molecule has 2 N–H and O–H groups in total. The number of carbonyl (C=O) groups excluding carboxylic acids is 1. The summed E-state index contributed by atoms with van der Waals surface area (Å²) >= 11 is 3.45. The summed E-state index contributed by atoms with van der Waals surface area (Å²) in [4.78, 5) is 22.4. The number of rotatable bonds is 5. The van der Waals surface area contributed by atoms with E-state index in [0.717, 1.165) is 16.5 Å². The Hall–Kier alpha value is -2.70. The number of aromatic nitrogens is 1. The Kier molecular flexibility index (Phi) is 6.79. The zero-order chi connectivity index (χ0) is 19.9. The maximum atomic E-state index is 11.7. The number of allylic oxidation sites excluding steroid dienone is 2. The predicted molar refractivity (Wildman–Crippen MR) is 109 cm³/mol. The Morgan fingerprint density at radius 1 is 1.54 bits per heavy atom. The van der Waals surface area contributed by atoms with Gasteiger partial charge in [-0.15, -0.1) is 0 Å². The highest BCUT2D eigenvalue weighted by Gasteiger charge is 2.20. The number of nitrogens with one attached hydrogen (secondary N) is 2. The number of nitriles is 1. The maximum absolute atomic E-state index is 11.7. The summed E-state index contributed by atoms with van der Waals surface area (Å²) in [6, 6.07) is 5.89. The van der Waals surface area contributed by atoms with E-state index in [1.165, 1.54) is 0 Å². The van der Waals surface area contributed by atoms with Crippen LogP contribution in [0.2, 0.25) is 0 Å². The van der Waals surface area contributed by atoms with Crippen LogP contribution in [0.15, 0.2) is 45.3 Å². The van der Waals surface area contributed by atoms with Crippen molar-refractivity contribution in [3.8, 4) is 6.07 Å². The lowest BCUT2D eigenvalue weighted by atomic mass is 10.1. The number of guanidine groups is 1. The molecule has 1 aromatic heterocycles. The van der Waals surface area contributed by atoms with E-state index >= 15 is 0 Å². The van der Waals surface area contributed by atoms with Crippen molar-refractivity contribution in [1.29, 1.82) is 5.26 Å². The Morgan fingerprint density at radius 2 is 2.39 bits per heavy atom. The largest absolute Gasteiger partial charge is 0.370 e. The average molecular weight is 445 g/mol. The standard InChI is InChI=1S/C19H21BrN6O2/c1-13-11-24-19(23-6-3-7-26-8-9-28-12-16(26)27)25-17(13)14(10-21)18-15(20)4-2-5-22-18/h2,4-5,11H,3,6-9,12H2,1H3,(H2,23,24,25). The van der Waals surface area contributed by atoms with E-state index in [0.29, 0.717) is 49.2 Å². The molecule has 1 fully saturated rings. The smallest absolute Gasteiger partial charge is 0.248 e. The molecule has 0 radical (unpaired) electrons. The van der Waals surface area contributed by atoms with Crippen LogP contribution < -0.4 is 10.6 Å². The molecule has 0 aromatic carbocycles. The van der Waals surface area contributed by atoms with Gasteiger partial charge in [0, 0.05) is 36.5 Å². The first-order chi connectivity index (χ1) is 13.6. The summed E-state index contributed by atoms with van der Waals surface area (Å²) < 4.78 is 5.88. The van der Waals surface area contributed by atoms with E-state index in [1.54, 1.807) is 17.2 Å². The summed E-state index contributed by atoms with van der Waals surface area (Å²) in [5, 5.41) is 16.0. The molecule has 0 bridgehead atoms. The number of nitrogens with zero attached hydrogens (tertiary/aromatic N) is 4. The third-order valence-electron chi connectivity index (χ3n) is 4.36. The molecule has 3 rings (SSSR count). The molecule has 0 spiro atoms. The second-order valence-corrected chi connectivity index (χ2v) is 7.16. The maximum Gasteiger partial charge on any atom is 0.248 e. The van der Waals surface area contributed by atoms with Gasteiger partial charge in [-0.3, -0.25) is 14.8 Å². The number of carbonyl (C=O) groups is 1. The predicted octanol–water partition coefficient (Wildman–Crippen LogP) is 1.78. The molecular formula is C19H21BrN6O2. The average Bonchev–Trinajstić information content (AvgIpc) is 2.70. The highest BCUT2D eigenvalue weighted by Crippen LogP contribution is 2.26. The minimum absolute atomic E-state index is 0.0243. The molecule has 9 heteroatoms. The van der Waals surface area contributed by atoms with Crippen LogP contribution in [-0.4, -0.2) is 54.6 Å². The zero-order valence-corrected chi connectivity index (χ0v) is 17.1. The second-order valence-electron chi connectivity index (χ2n) is 6.31. The number of halogens is 1. The van der Waals surface area contributed by atoms with Crippen LogP contribution >= 0.6 is 15.9 Å². The lowest BCUT2D eigenvalue weighted by molar-refractivity contribution is -0.142. The van der Waals surface area contributed by atoms with Gasteiger partial charge in [0.2, 0.25) is 5.91 Å². The Bertz CT molecular complexity index is 887. The van der Waals surface area contributed by atoms with E-state index in [1.807, 2.05) is 19.2 Å². The minimum Gasteiger partial charge on any atom is -0.370 e. The van der Waals surface area contributed by atoms with Crippen molar-refractivity contribution < 1.29 is 9.53 Å². The van der Waals surface area contributed by atoms with E-state index in [2.05, 4.69) is 42.6 Å². The molecule has 0 atom stereocenters. The second kappa shape index (κ2) is 9.48. The Balaban J connectivity index is 1.69. The van der Waals surface area contributed by atoms with Crippen LogP contribution in [0.4, 0.5) is 0 Å². The van der Waals surface area contributed by atoms with Gasteiger partial charge < -0.3 is 20.3 Å². The van der Waals surface area contributed by atoms with Crippen molar-refractivity contribution in [2.45, 2.75) is 13.3 Å². The molecule has 1 aromatic rings. The number of pyridine rings is 1. The zero-order valence-electron chi connectivity index (χ0n) is 15.5. The fourth-order valence-electron chi connectivity index (χ4n) is 2.88. The van der Waals surface area contributed by atoms with Crippen molar-refractivity contribution in [3.05, 3.63) is 46.0 Å². The lowest BCUT2D eigenvalue weighted by Crippen LogP contribution is -2.42. The summed E-state index contributed by atoms with van der Waals surface area (Å²) in [6.07, 6.45) is 4.21. The fraction of sp³-hybridized carbons (Fsp3) is 0.368. The first kappa shape index (κ1) is 20.0. The molecule has 28 heavy (non-hydrogen) atoms. The molecule has 3 heterocycles. The third kappa shape index (κ3) is 4.77. The highest BCUT2D eigenvalue weighted by molar-refractivity contribution is 9.10. The highest BCUT2D eigenvalue weighted by atomic mass is 79.9. The Morgan fingerprint density at radius 3 is 3.14 bits per heavy atom. The quantitative estimate of drug-likeness (QED) is 0.529. The van der Waals surface area contributed by atoms with Gasteiger partial charge in [-0.25, -0.2) is 0 Å². The van der Waals surface area contributed by atoms with Gasteiger partial charge in [0.25, 0.3) is 0 Å². The van der Waals surface area contributed by atoms with Crippen molar-refractivity contribution in [1.82, 2.24) is 20.5 Å². The monoisotopic (exact) mass is 444 g/mol. The molecule has 1 amide bonds. The fourth-order valence-corrected chi connectivity index (χ4v) is 3.34. The Labute approximate surface area is 172 Å². The van der Waals surface area contributed by atoms with E-state index in [-0.39, 0.29) is 12.5 Å². The van der Waals surface area contributed by atoms with Crippen LogP contribution in [0.5, 0.6) is 0 Å². The van der Waals surface area contributed by atoms with Crippen molar-refractivity contribution in [2.24, 2.45) is 4.99 Å². The SMILES string of the molecule is CC1=CNC(=NCCCN2CCOCC2=O)NC1=C(C#N)c1ncccc1Br. The number of aliphatic imine (C=N–C) groups is 1. The van der Waals surface area contributed by atoms with Gasteiger partial charge in [-0.05, 0) is 47.0 Å². The van der Waals surface area contributed by atoms with Gasteiger partial charge >= 0.3 is 0 Å². The summed E-state index contributed by atoms with van der Waals surface area (Å²) in [6.45, 7) is 4.49. The molecule has 2 aliphatic heterocycles. The van der Waals surface area contributed by atoms with E-state index in [4.69, 9.17) is 4.74 Å². The molecule has 146 valence electrons. The molecule has 0 saturated carbocycles. The van der Waals surface area contributed by atoms with Crippen LogP contribution in [0.25, 0.3) is 5.57 Å². The van der Waals surface area contributed by atoms with E-state index < -0.39 is 0 Å². The molecule has 0 unspecified atom stereocenters. The number of morpholine rings is 1. The summed E-state index contributed by atoms with van der Waals surface area (Å²) in [7, 11) is 0.